The molecule has 0 aromatic heterocycles. The number of hydrogen-bond donors (Lipinski definition) is 1. The molecule has 0 amide bonds. The minimum atomic E-state index is 0.530. The molecule has 106 valence electrons. The lowest BCUT2D eigenvalue weighted by Crippen LogP contribution is -2.04. The van der Waals surface area contributed by atoms with Crippen LogP contribution in [0, 0.1) is 0 Å². The molecular weight excluding hydrogens is 246 g/mol. The highest BCUT2D eigenvalue weighted by Gasteiger charge is 2.09. The Labute approximate surface area is 121 Å². The summed E-state index contributed by atoms with van der Waals surface area (Å²) in [4.78, 5) is 0. The zero-order valence-corrected chi connectivity index (χ0v) is 12.3. The minimum absolute atomic E-state index is 0.530. The van der Waals surface area contributed by atoms with E-state index in [1.165, 1.54) is 11.1 Å². The number of para-hydroxylation sites is 1. The van der Waals surface area contributed by atoms with Crippen LogP contribution in [0.15, 0.2) is 48.5 Å². The van der Waals surface area contributed by atoms with Crippen molar-refractivity contribution in [3.63, 3.8) is 0 Å². The average molecular weight is 269 g/mol. The van der Waals surface area contributed by atoms with Crippen molar-refractivity contribution in [1.29, 1.82) is 0 Å². The first-order chi connectivity index (χ1) is 9.70. The summed E-state index contributed by atoms with van der Waals surface area (Å²) < 4.78 is 5.96. The van der Waals surface area contributed by atoms with Gasteiger partial charge in [-0.2, -0.15) is 0 Å². The number of rotatable bonds is 6. The Morgan fingerprint density at radius 1 is 1.05 bits per heavy atom. The van der Waals surface area contributed by atoms with Gasteiger partial charge in [0.25, 0.3) is 0 Å². The summed E-state index contributed by atoms with van der Waals surface area (Å²) in [5.74, 6) is 1.54. The lowest BCUT2D eigenvalue weighted by atomic mass is 9.98. The van der Waals surface area contributed by atoms with Crippen molar-refractivity contribution in [1.82, 2.24) is 0 Å². The standard InChI is InChI=1S/C18H23NO/c1-3-14(2)17-6-4-5-7-18(17)20-13-12-15-8-10-16(19)11-9-15/h4-11,14H,3,12-13,19H2,1-2H3. The number of hydrogen-bond acceptors (Lipinski definition) is 2. The van der Waals surface area contributed by atoms with Gasteiger partial charge in [0.15, 0.2) is 0 Å². The second kappa shape index (κ2) is 6.99. The molecule has 0 saturated heterocycles. The molecule has 2 aromatic carbocycles. The molecule has 0 heterocycles. The zero-order valence-electron chi connectivity index (χ0n) is 12.3. The summed E-state index contributed by atoms with van der Waals surface area (Å²) >= 11 is 0. The molecule has 2 nitrogen and oxygen atoms in total. The lowest BCUT2D eigenvalue weighted by molar-refractivity contribution is 0.316. The fourth-order valence-electron chi connectivity index (χ4n) is 2.20. The van der Waals surface area contributed by atoms with Crippen LogP contribution in [0.2, 0.25) is 0 Å². The Morgan fingerprint density at radius 2 is 1.75 bits per heavy atom. The number of anilines is 1. The average Bonchev–Trinajstić information content (AvgIpc) is 2.49. The predicted molar refractivity (Wildman–Crippen MR) is 85.2 cm³/mol. The van der Waals surface area contributed by atoms with Crippen molar-refractivity contribution in [2.45, 2.75) is 32.6 Å². The van der Waals surface area contributed by atoms with Crippen LogP contribution in [-0.4, -0.2) is 6.61 Å². The Hall–Kier alpha value is -1.96. The van der Waals surface area contributed by atoms with Crippen LogP contribution >= 0.6 is 0 Å². The highest BCUT2D eigenvalue weighted by Crippen LogP contribution is 2.28. The second-order valence-corrected chi connectivity index (χ2v) is 5.19. The summed E-state index contributed by atoms with van der Waals surface area (Å²) in [7, 11) is 0. The molecule has 0 aliphatic rings. The van der Waals surface area contributed by atoms with Gasteiger partial charge in [-0.3, -0.25) is 0 Å². The Morgan fingerprint density at radius 3 is 2.45 bits per heavy atom. The third kappa shape index (κ3) is 3.77. The van der Waals surface area contributed by atoms with Gasteiger partial charge in [0.2, 0.25) is 0 Å². The summed E-state index contributed by atoms with van der Waals surface area (Å²) in [6, 6.07) is 16.3. The largest absolute Gasteiger partial charge is 0.493 e. The maximum absolute atomic E-state index is 5.96. The van der Waals surface area contributed by atoms with Crippen molar-refractivity contribution in [2.75, 3.05) is 12.3 Å². The van der Waals surface area contributed by atoms with Crippen LogP contribution in [0.4, 0.5) is 5.69 Å². The van der Waals surface area contributed by atoms with E-state index in [1.54, 1.807) is 0 Å². The monoisotopic (exact) mass is 269 g/mol. The maximum atomic E-state index is 5.96. The van der Waals surface area contributed by atoms with Gasteiger partial charge < -0.3 is 10.5 Å². The first-order valence-corrected chi connectivity index (χ1v) is 7.27. The van der Waals surface area contributed by atoms with Crippen molar-refractivity contribution in [2.24, 2.45) is 0 Å². The highest BCUT2D eigenvalue weighted by atomic mass is 16.5. The van der Waals surface area contributed by atoms with Crippen molar-refractivity contribution in [3.05, 3.63) is 59.7 Å². The van der Waals surface area contributed by atoms with E-state index in [4.69, 9.17) is 10.5 Å². The van der Waals surface area contributed by atoms with E-state index in [2.05, 4.69) is 44.2 Å². The molecule has 2 heteroatoms. The van der Waals surface area contributed by atoms with Gasteiger partial charge in [-0.05, 0) is 41.7 Å². The Kier molecular flexibility index (Phi) is 5.05. The molecule has 2 N–H and O–H groups in total. The van der Waals surface area contributed by atoms with E-state index in [9.17, 15) is 0 Å². The van der Waals surface area contributed by atoms with Gasteiger partial charge in [0.05, 0.1) is 6.61 Å². The summed E-state index contributed by atoms with van der Waals surface area (Å²) in [5, 5.41) is 0. The fraction of sp³-hybridized carbons (Fsp3) is 0.333. The van der Waals surface area contributed by atoms with Crippen LogP contribution in [0.5, 0.6) is 5.75 Å². The van der Waals surface area contributed by atoms with Gasteiger partial charge in [-0.25, -0.2) is 0 Å². The molecule has 0 aliphatic carbocycles. The van der Waals surface area contributed by atoms with Crippen molar-refractivity contribution < 1.29 is 4.74 Å². The zero-order chi connectivity index (χ0) is 14.4. The van der Waals surface area contributed by atoms with Crippen LogP contribution in [0.1, 0.15) is 37.3 Å². The summed E-state index contributed by atoms with van der Waals surface area (Å²) in [6.45, 7) is 5.13. The van der Waals surface area contributed by atoms with E-state index in [0.717, 1.165) is 24.3 Å². The van der Waals surface area contributed by atoms with Gasteiger partial charge in [-0.15, -0.1) is 0 Å². The second-order valence-electron chi connectivity index (χ2n) is 5.19. The minimum Gasteiger partial charge on any atom is -0.493 e. The Balaban J connectivity index is 1.95. The van der Waals surface area contributed by atoms with Crippen LogP contribution in [0.3, 0.4) is 0 Å². The van der Waals surface area contributed by atoms with Gasteiger partial charge in [-0.1, -0.05) is 44.2 Å². The molecular formula is C18H23NO. The first-order valence-electron chi connectivity index (χ1n) is 7.27. The normalized spacial score (nSPS) is 12.1. The van der Waals surface area contributed by atoms with Gasteiger partial charge in [0, 0.05) is 12.1 Å². The third-order valence-electron chi connectivity index (χ3n) is 3.69. The molecule has 20 heavy (non-hydrogen) atoms. The maximum Gasteiger partial charge on any atom is 0.122 e. The fourth-order valence-corrected chi connectivity index (χ4v) is 2.20. The van der Waals surface area contributed by atoms with Crippen LogP contribution < -0.4 is 10.5 Å². The molecule has 0 bridgehead atoms. The van der Waals surface area contributed by atoms with Crippen molar-refractivity contribution >= 4 is 5.69 Å². The molecule has 0 fully saturated rings. The molecule has 1 unspecified atom stereocenters. The lowest BCUT2D eigenvalue weighted by Gasteiger charge is -2.15. The molecule has 0 aliphatic heterocycles. The Bertz CT molecular complexity index is 533. The number of nitrogens with two attached hydrogens (primary N) is 1. The SMILES string of the molecule is CCC(C)c1ccccc1OCCc1ccc(N)cc1. The van der Waals surface area contributed by atoms with Crippen LogP contribution in [0.25, 0.3) is 0 Å². The smallest absolute Gasteiger partial charge is 0.122 e. The summed E-state index contributed by atoms with van der Waals surface area (Å²) in [6.07, 6.45) is 2.02. The van der Waals surface area contributed by atoms with E-state index >= 15 is 0 Å². The molecule has 2 rings (SSSR count). The van der Waals surface area contributed by atoms with Crippen LogP contribution in [-0.2, 0) is 6.42 Å². The molecule has 0 radical (unpaired) electrons. The highest BCUT2D eigenvalue weighted by molar-refractivity contribution is 5.39. The van der Waals surface area contributed by atoms with Crippen molar-refractivity contribution in [3.8, 4) is 5.75 Å². The van der Waals surface area contributed by atoms with E-state index in [1.807, 2.05) is 18.2 Å². The third-order valence-corrected chi connectivity index (χ3v) is 3.69. The molecule has 0 spiro atoms. The first kappa shape index (κ1) is 14.4. The predicted octanol–water partition coefficient (Wildman–Crippen LogP) is 4.40. The van der Waals surface area contributed by atoms with E-state index in [-0.39, 0.29) is 0 Å². The van der Waals surface area contributed by atoms with Gasteiger partial charge in [0.1, 0.15) is 5.75 Å². The molecule has 1 atom stereocenters. The quantitative estimate of drug-likeness (QED) is 0.789. The topological polar surface area (TPSA) is 35.2 Å². The molecule has 2 aromatic rings. The molecule has 0 saturated carbocycles. The van der Waals surface area contributed by atoms with E-state index < -0.39 is 0 Å². The number of benzene rings is 2. The van der Waals surface area contributed by atoms with Gasteiger partial charge >= 0.3 is 0 Å². The number of ether oxygens (including phenoxy) is 1. The van der Waals surface area contributed by atoms with E-state index in [0.29, 0.717) is 12.5 Å². The summed E-state index contributed by atoms with van der Waals surface area (Å²) in [5.41, 5.74) is 9.03. The number of nitrogen functional groups attached to an aromatic ring is 1.